The number of pyridine rings is 1. The van der Waals surface area contributed by atoms with Crippen molar-refractivity contribution in [2.45, 2.75) is 37.5 Å². The first kappa shape index (κ1) is 10.8. The Kier molecular flexibility index (Phi) is 2.63. The molecule has 0 bridgehead atoms. The zero-order chi connectivity index (χ0) is 11.7. The van der Waals surface area contributed by atoms with Gasteiger partial charge in [0.1, 0.15) is 0 Å². The molecule has 0 aromatic carbocycles. The molecule has 1 saturated carbocycles. The van der Waals surface area contributed by atoms with E-state index in [0.29, 0.717) is 6.54 Å². The first-order valence-electron chi connectivity index (χ1n) is 6.38. The summed E-state index contributed by atoms with van der Waals surface area (Å²) < 4.78 is 5.56. The van der Waals surface area contributed by atoms with Gasteiger partial charge in [0.2, 0.25) is 5.71 Å². The van der Waals surface area contributed by atoms with E-state index in [0.717, 1.165) is 11.1 Å². The lowest BCUT2D eigenvalue weighted by atomic mass is 9.69. The Balaban J connectivity index is 2.12. The fourth-order valence-corrected chi connectivity index (χ4v) is 3.09. The van der Waals surface area contributed by atoms with Gasteiger partial charge >= 0.3 is 0 Å². The van der Waals surface area contributed by atoms with Crippen molar-refractivity contribution in [3.8, 4) is 0 Å². The molecule has 3 nitrogen and oxygen atoms in total. The third-order valence-electron chi connectivity index (χ3n) is 4.12. The van der Waals surface area contributed by atoms with Crippen LogP contribution in [0.2, 0.25) is 0 Å². The van der Waals surface area contributed by atoms with Crippen molar-refractivity contribution in [2.75, 3.05) is 6.54 Å². The van der Waals surface area contributed by atoms with Gasteiger partial charge in [-0.1, -0.05) is 19.3 Å². The first-order chi connectivity index (χ1) is 8.36. The highest BCUT2D eigenvalue weighted by Crippen LogP contribution is 2.41. The van der Waals surface area contributed by atoms with Gasteiger partial charge in [0.15, 0.2) is 0 Å². The van der Waals surface area contributed by atoms with E-state index in [4.69, 9.17) is 10.2 Å². The average Bonchev–Trinajstić information content (AvgIpc) is 2.84. The molecule has 2 heterocycles. The molecule has 0 radical (unpaired) electrons. The predicted molar refractivity (Wildman–Crippen MR) is 67.8 cm³/mol. The van der Waals surface area contributed by atoms with Crippen molar-refractivity contribution in [1.82, 2.24) is 4.98 Å². The zero-order valence-electron chi connectivity index (χ0n) is 9.98. The Morgan fingerprint density at radius 3 is 2.88 bits per heavy atom. The summed E-state index contributed by atoms with van der Waals surface area (Å²) in [6, 6.07) is 4.06. The van der Waals surface area contributed by atoms with Gasteiger partial charge < -0.3 is 10.2 Å². The molecule has 0 spiro atoms. The van der Waals surface area contributed by atoms with Gasteiger partial charge in [0.25, 0.3) is 0 Å². The van der Waals surface area contributed by atoms with E-state index in [1.807, 2.05) is 12.3 Å². The van der Waals surface area contributed by atoms with E-state index in [1.165, 1.54) is 37.7 Å². The maximum atomic E-state index is 6.06. The van der Waals surface area contributed by atoms with Crippen LogP contribution in [0.4, 0.5) is 0 Å². The molecule has 0 amide bonds. The molecule has 0 unspecified atom stereocenters. The predicted octanol–water partition coefficient (Wildman–Crippen LogP) is 2.99. The van der Waals surface area contributed by atoms with Crippen LogP contribution >= 0.6 is 0 Å². The molecule has 90 valence electrons. The van der Waals surface area contributed by atoms with E-state index < -0.39 is 0 Å². The molecule has 1 fully saturated rings. The number of fused-ring (bicyclic) bond motifs is 1. The highest BCUT2D eigenvalue weighted by Gasteiger charge is 2.35. The minimum absolute atomic E-state index is 0.118. The molecular weight excluding hydrogens is 212 g/mol. The Bertz CT molecular complexity index is 512. The molecule has 2 N–H and O–H groups in total. The lowest BCUT2D eigenvalue weighted by Crippen LogP contribution is -2.36. The van der Waals surface area contributed by atoms with E-state index >= 15 is 0 Å². The topological polar surface area (TPSA) is 52.0 Å². The van der Waals surface area contributed by atoms with Crippen LogP contribution in [0.25, 0.3) is 11.1 Å². The van der Waals surface area contributed by atoms with Crippen LogP contribution in [0.3, 0.4) is 0 Å². The molecule has 0 aliphatic heterocycles. The molecule has 2 aromatic rings. The lowest BCUT2D eigenvalue weighted by Gasteiger charge is -2.35. The van der Waals surface area contributed by atoms with Gasteiger partial charge in [-0.25, -0.2) is 4.98 Å². The summed E-state index contributed by atoms with van der Waals surface area (Å²) in [7, 11) is 0. The van der Waals surface area contributed by atoms with Crippen LogP contribution in [0.5, 0.6) is 0 Å². The monoisotopic (exact) mass is 230 g/mol. The van der Waals surface area contributed by atoms with Gasteiger partial charge in [0.05, 0.1) is 6.26 Å². The van der Waals surface area contributed by atoms with Crippen LogP contribution in [0.15, 0.2) is 29.0 Å². The molecule has 0 saturated heterocycles. The van der Waals surface area contributed by atoms with Gasteiger partial charge in [-0.3, -0.25) is 0 Å². The second-order valence-corrected chi connectivity index (χ2v) is 5.05. The molecule has 17 heavy (non-hydrogen) atoms. The number of aromatic nitrogens is 1. The summed E-state index contributed by atoms with van der Waals surface area (Å²) in [4.78, 5) is 4.25. The summed E-state index contributed by atoms with van der Waals surface area (Å²) in [5, 5.41) is 1.14. The summed E-state index contributed by atoms with van der Waals surface area (Å²) in [6.45, 7) is 0.705. The van der Waals surface area contributed by atoms with E-state index in [2.05, 4.69) is 11.1 Å². The summed E-state index contributed by atoms with van der Waals surface area (Å²) in [6.07, 6.45) is 9.85. The minimum atomic E-state index is 0.118. The minimum Gasteiger partial charge on any atom is -0.446 e. The smallest absolute Gasteiger partial charge is 0.226 e. The number of hydrogen-bond acceptors (Lipinski definition) is 3. The number of hydrogen-bond donors (Lipinski definition) is 1. The Hall–Kier alpha value is -1.35. The fraction of sp³-hybridized carbons (Fsp3) is 0.500. The highest BCUT2D eigenvalue weighted by molar-refractivity contribution is 5.78. The second kappa shape index (κ2) is 4.15. The van der Waals surface area contributed by atoms with Gasteiger partial charge in [-0.15, -0.1) is 0 Å². The Labute approximate surface area is 101 Å². The van der Waals surface area contributed by atoms with E-state index in [9.17, 15) is 0 Å². The van der Waals surface area contributed by atoms with E-state index in [-0.39, 0.29) is 5.41 Å². The van der Waals surface area contributed by atoms with Crippen molar-refractivity contribution in [3.63, 3.8) is 0 Å². The number of nitrogens with two attached hydrogens (primary N) is 1. The van der Waals surface area contributed by atoms with Gasteiger partial charge in [-0.05, 0) is 25.0 Å². The van der Waals surface area contributed by atoms with Crippen LogP contribution in [-0.2, 0) is 5.41 Å². The quantitative estimate of drug-likeness (QED) is 0.862. The van der Waals surface area contributed by atoms with Crippen LogP contribution in [0, 0.1) is 0 Å². The Morgan fingerprint density at radius 1 is 1.29 bits per heavy atom. The number of furan rings is 1. The standard InChI is InChI=1S/C14H18N2O/c15-10-14(6-2-1-3-7-14)12-9-17-13-11(12)5-4-8-16-13/h4-5,8-9H,1-3,6-7,10,15H2. The van der Waals surface area contributed by atoms with Crippen molar-refractivity contribution in [1.29, 1.82) is 0 Å². The SMILES string of the molecule is NCC1(c2coc3ncccc23)CCCCC1. The largest absolute Gasteiger partial charge is 0.446 e. The normalized spacial score (nSPS) is 19.6. The highest BCUT2D eigenvalue weighted by atomic mass is 16.3. The molecule has 2 aromatic heterocycles. The fourth-order valence-electron chi connectivity index (χ4n) is 3.09. The maximum absolute atomic E-state index is 6.06. The first-order valence-corrected chi connectivity index (χ1v) is 6.38. The zero-order valence-corrected chi connectivity index (χ0v) is 9.98. The van der Waals surface area contributed by atoms with Gasteiger partial charge in [0, 0.05) is 29.1 Å². The molecule has 1 aliphatic carbocycles. The number of rotatable bonds is 2. The van der Waals surface area contributed by atoms with Gasteiger partial charge in [-0.2, -0.15) is 0 Å². The second-order valence-electron chi connectivity index (χ2n) is 5.05. The lowest BCUT2D eigenvalue weighted by molar-refractivity contribution is 0.300. The van der Waals surface area contributed by atoms with E-state index in [1.54, 1.807) is 6.20 Å². The molecule has 1 aliphatic rings. The van der Waals surface area contributed by atoms with Crippen molar-refractivity contribution < 1.29 is 4.42 Å². The van der Waals surface area contributed by atoms with Crippen molar-refractivity contribution >= 4 is 11.1 Å². The van der Waals surface area contributed by atoms with Crippen LogP contribution in [0.1, 0.15) is 37.7 Å². The summed E-state index contributed by atoms with van der Waals surface area (Å²) in [5.74, 6) is 0. The number of nitrogens with zero attached hydrogens (tertiary/aromatic N) is 1. The van der Waals surface area contributed by atoms with Crippen LogP contribution < -0.4 is 5.73 Å². The van der Waals surface area contributed by atoms with Crippen molar-refractivity contribution in [3.05, 3.63) is 30.2 Å². The molecular formula is C14H18N2O. The third-order valence-corrected chi connectivity index (χ3v) is 4.12. The van der Waals surface area contributed by atoms with Crippen molar-refractivity contribution in [2.24, 2.45) is 5.73 Å². The average molecular weight is 230 g/mol. The maximum Gasteiger partial charge on any atom is 0.226 e. The summed E-state index contributed by atoms with van der Waals surface area (Å²) >= 11 is 0. The third kappa shape index (κ3) is 1.65. The molecule has 0 atom stereocenters. The summed E-state index contributed by atoms with van der Waals surface area (Å²) in [5.41, 5.74) is 8.18. The molecule has 3 rings (SSSR count). The van der Waals surface area contributed by atoms with Crippen LogP contribution in [-0.4, -0.2) is 11.5 Å². The Morgan fingerprint density at radius 2 is 2.12 bits per heavy atom. The molecule has 3 heteroatoms.